The van der Waals surface area contributed by atoms with Crippen molar-refractivity contribution in [1.82, 2.24) is 15.1 Å². The molecule has 1 aromatic heterocycles. The molecule has 3 rings (SSSR count). The van der Waals surface area contributed by atoms with E-state index in [1.807, 2.05) is 74.8 Å². The summed E-state index contributed by atoms with van der Waals surface area (Å²) in [6.07, 6.45) is 0.821. The van der Waals surface area contributed by atoms with Gasteiger partial charge < -0.3 is 10.1 Å². The van der Waals surface area contributed by atoms with Crippen molar-refractivity contribution in [2.24, 2.45) is 0 Å². The third kappa shape index (κ3) is 5.30. The number of ether oxygens (including phenoxy) is 1. The molecule has 1 heterocycles. The molecule has 5 nitrogen and oxygen atoms in total. The third-order valence-corrected chi connectivity index (χ3v) is 6.28. The van der Waals surface area contributed by atoms with E-state index in [2.05, 4.69) is 26.3 Å². The highest BCUT2D eigenvalue weighted by Crippen LogP contribution is 2.23. The number of halogens is 1. The van der Waals surface area contributed by atoms with Gasteiger partial charge in [0.25, 0.3) is 5.91 Å². The molecule has 0 saturated carbocycles. The summed E-state index contributed by atoms with van der Waals surface area (Å²) in [5.41, 5.74) is 6.03. The van der Waals surface area contributed by atoms with Crippen LogP contribution in [0.5, 0.6) is 5.75 Å². The van der Waals surface area contributed by atoms with Crippen LogP contribution in [0.15, 0.2) is 46.9 Å². The van der Waals surface area contributed by atoms with Gasteiger partial charge in [-0.1, -0.05) is 30.3 Å². The van der Waals surface area contributed by atoms with E-state index in [4.69, 9.17) is 4.74 Å². The van der Waals surface area contributed by atoms with Gasteiger partial charge >= 0.3 is 0 Å². The molecule has 0 aliphatic rings. The van der Waals surface area contributed by atoms with E-state index in [1.165, 1.54) is 0 Å². The lowest BCUT2D eigenvalue weighted by molar-refractivity contribution is 0.0952. The van der Waals surface area contributed by atoms with Crippen LogP contribution >= 0.6 is 15.9 Å². The standard InChI is InChI=1S/C24H28BrN3O2/c1-16-7-5-8-17(2)23(16)30-15-20-9-11-21(12-10-20)24(29)26-13-6-14-28-19(4)22(25)18(3)27-28/h5,7-12H,6,13-15H2,1-4H3,(H,26,29). The van der Waals surface area contributed by atoms with Crippen LogP contribution < -0.4 is 10.1 Å². The minimum absolute atomic E-state index is 0.0632. The zero-order valence-electron chi connectivity index (χ0n) is 18.0. The van der Waals surface area contributed by atoms with Gasteiger partial charge in [-0.15, -0.1) is 0 Å². The predicted molar refractivity (Wildman–Crippen MR) is 123 cm³/mol. The molecule has 0 spiro atoms. The average Bonchev–Trinajstić information content (AvgIpc) is 2.98. The number of amides is 1. The lowest BCUT2D eigenvalue weighted by atomic mass is 10.1. The smallest absolute Gasteiger partial charge is 0.251 e. The Balaban J connectivity index is 1.47. The van der Waals surface area contributed by atoms with Crippen molar-refractivity contribution in [3.63, 3.8) is 0 Å². The van der Waals surface area contributed by atoms with Crippen molar-refractivity contribution in [3.8, 4) is 5.75 Å². The van der Waals surface area contributed by atoms with Crippen molar-refractivity contribution in [1.29, 1.82) is 0 Å². The molecule has 0 saturated heterocycles. The second-order valence-corrected chi connectivity index (χ2v) is 8.32. The number of aromatic nitrogens is 2. The van der Waals surface area contributed by atoms with Crippen molar-refractivity contribution >= 4 is 21.8 Å². The topological polar surface area (TPSA) is 56.1 Å². The average molecular weight is 470 g/mol. The van der Waals surface area contributed by atoms with E-state index in [-0.39, 0.29) is 5.91 Å². The van der Waals surface area contributed by atoms with Gasteiger partial charge in [-0.2, -0.15) is 5.10 Å². The molecular weight excluding hydrogens is 442 g/mol. The summed E-state index contributed by atoms with van der Waals surface area (Å²) in [5.74, 6) is 0.862. The minimum atomic E-state index is -0.0632. The molecule has 158 valence electrons. The number of para-hydroxylation sites is 1. The van der Waals surface area contributed by atoms with Gasteiger partial charge in [-0.25, -0.2) is 0 Å². The molecule has 0 bridgehead atoms. The highest BCUT2D eigenvalue weighted by molar-refractivity contribution is 9.10. The van der Waals surface area contributed by atoms with Crippen LogP contribution in [0, 0.1) is 27.7 Å². The number of hydrogen-bond donors (Lipinski definition) is 1. The zero-order valence-corrected chi connectivity index (χ0v) is 19.5. The number of rotatable bonds is 8. The monoisotopic (exact) mass is 469 g/mol. The molecule has 0 aliphatic carbocycles. The maximum atomic E-state index is 12.4. The fourth-order valence-electron chi connectivity index (χ4n) is 3.36. The molecule has 30 heavy (non-hydrogen) atoms. The number of benzene rings is 2. The van der Waals surface area contributed by atoms with Crippen LogP contribution in [0.1, 0.15) is 44.9 Å². The van der Waals surface area contributed by atoms with Gasteiger partial charge in [-0.05, 0) is 78.9 Å². The highest BCUT2D eigenvalue weighted by atomic mass is 79.9. The molecule has 0 atom stereocenters. The van der Waals surface area contributed by atoms with E-state index in [0.29, 0.717) is 18.7 Å². The largest absolute Gasteiger partial charge is 0.488 e. The fraction of sp³-hybridized carbons (Fsp3) is 0.333. The molecule has 6 heteroatoms. The van der Waals surface area contributed by atoms with Gasteiger partial charge in [0, 0.05) is 24.3 Å². The van der Waals surface area contributed by atoms with Gasteiger partial charge in [0.2, 0.25) is 0 Å². The first-order valence-electron chi connectivity index (χ1n) is 10.1. The second kappa shape index (κ2) is 9.94. The normalized spacial score (nSPS) is 10.8. The number of nitrogens with zero attached hydrogens (tertiary/aromatic N) is 2. The molecule has 3 aromatic rings. The first-order valence-corrected chi connectivity index (χ1v) is 10.9. The minimum Gasteiger partial charge on any atom is -0.488 e. The van der Waals surface area contributed by atoms with E-state index in [1.54, 1.807) is 0 Å². The molecule has 0 radical (unpaired) electrons. The SMILES string of the molecule is Cc1cccc(C)c1OCc1ccc(C(=O)NCCCn2nc(C)c(Br)c2C)cc1. The molecule has 0 unspecified atom stereocenters. The lowest BCUT2D eigenvalue weighted by Gasteiger charge is -2.12. The van der Waals surface area contributed by atoms with Gasteiger partial charge in [0.1, 0.15) is 12.4 Å². The van der Waals surface area contributed by atoms with Crippen molar-refractivity contribution in [2.45, 2.75) is 47.3 Å². The van der Waals surface area contributed by atoms with Crippen LogP contribution in [0.3, 0.4) is 0 Å². The Labute approximate surface area is 186 Å². The number of carbonyl (C=O) groups excluding carboxylic acids is 1. The van der Waals surface area contributed by atoms with Crippen molar-refractivity contribution in [2.75, 3.05) is 6.54 Å². The highest BCUT2D eigenvalue weighted by Gasteiger charge is 2.09. The van der Waals surface area contributed by atoms with E-state index in [9.17, 15) is 4.79 Å². The van der Waals surface area contributed by atoms with Crippen LogP contribution in [-0.4, -0.2) is 22.2 Å². The molecule has 0 fully saturated rings. The third-order valence-electron chi connectivity index (χ3n) is 5.13. The van der Waals surface area contributed by atoms with Gasteiger partial charge in [-0.3, -0.25) is 9.48 Å². The first-order chi connectivity index (χ1) is 14.4. The maximum absolute atomic E-state index is 12.4. The van der Waals surface area contributed by atoms with Gasteiger partial charge in [0.05, 0.1) is 10.2 Å². The first kappa shape index (κ1) is 22.1. The Morgan fingerprint density at radius 3 is 2.33 bits per heavy atom. The Hall–Kier alpha value is -2.60. The van der Waals surface area contributed by atoms with Crippen LogP contribution in [0.4, 0.5) is 0 Å². The summed E-state index contributed by atoms with van der Waals surface area (Å²) in [4.78, 5) is 12.4. The fourth-order valence-corrected chi connectivity index (χ4v) is 3.64. The molecule has 1 amide bonds. The van der Waals surface area contributed by atoms with Gasteiger partial charge in [0.15, 0.2) is 0 Å². The molecule has 1 N–H and O–H groups in total. The van der Waals surface area contributed by atoms with Crippen LogP contribution in [0.2, 0.25) is 0 Å². The number of hydrogen-bond acceptors (Lipinski definition) is 3. The molecular formula is C24H28BrN3O2. The maximum Gasteiger partial charge on any atom is 0.251 e. The Bertz CT molecular complexity index is 1010. The lowest BCUT2D eigenvalue weighted by Crippen LogP contribution is -2.25. The Kier molecular flexibility index (Phi) is 7.32. The second-order valence-electron chi connectivity index (χ2n) is 7.52. The predicted octanol–water partition coefficient (Wildman–Crippen LogP) is 5.28. The number of nitrogens with one attached hydrogen (secondary N) is 1. The van der Waals surface area contributed by atoms with Crippen molar-refractivity contribution in [3.05, 3.63) is 80.6 Å². The van der Waals surface area contributed by atoms with E-state index in [0.717, 1.165) is 51.3 Å². The zero-order chi connectivity index (χ0) is 21.7. The Morgan fingerprint density at radius 1 is 1.07 bits per heavy atom. The summed E-state index contributed by atoms with van der Waals surface area (Å²) < 4.78 is 9.00. The van der Waals surface area contributed by atoms with Crippen LogP contribution in [-0.2, 0) is 13.2 Å². The molecule has 0 aliphatic heterocycles. The summed E-state index contributed by atoms with van der Waals surface area (Å²) in [7, 11) is 0. The quantitative estimate of drug-likeness (QED) is 0.456. The number of carbonyl (C=O) groups is 1. The van der Waals surface area contributed by atoms with E-state index >= 15 is 0 Å². The number of aryl methyl sites for hydroxylation is 4. The summed E-state index contributed by atoms with van der Waals surface area (Å²) >= 11 is 3.54. The van der Waals surface area contributed by atoms with E-state index < -0.39 is 0 Å². The van der Waals surface area contributed by atoms with Crippen molar-refractivity contribution < 1.29 is 9.53 Å². The van der Waals surface area contributed by atoms with Crippen LogP contribution in [0.25, 0.3) is 0 Å². The Morgan fingerprint density at radius 2 is 1.73 bits per heavy atom. The summed E-state index contributed by atoms with van der Waals surface area (Å²) in [6, 6.07) is 13.7. The molecule has 2 aromatic carbocycles. The summed E-state index contributed by atoms with van der Waals surface area (Å²) in [5, 5.41) is 7.47. The summed E-state index contributed by atoms with van der Waals surface area (Å²) in [6.45, 7) is 9.96.